The van der Waals surface area contributed by atoms with E-state index in [9.17, 15) is 5.11 Å². The molecule has 0 aromatic carbocycles. The van der Waals surface area contributed by atoms with Crippen LogP contribution in [0.3, 0.4) is 0 Å². The van der Waals surface area contributed by atoms with Crippen LogP contribution in [0.25, 0.3) is 0 Å². The summed E-state index contributed by atoms with van der Waals surface area (Å²) in [4.78, 5) is 0. The van der Waals surface area contributed by atoms with Crippen LogP contribution in [0, 0.1) is 0 Å². The van der Waals surface area contributed by atoms with Gasteiger partial charge in [0.1, 0.15) is 5.60 Å². The fourth-order valence-electron chi connectivity index (χ4n) is 1.23. The molecule has 1 unspecified atom stereocenters. The van der Waals surface area contributed by atoms with Gasteiger partial charge in [-0.1, -0.05) is 6.92 Å². The summed E-state index contributed by atoms with van der Waals surface area (Å²) in [6.45, 7) is 4.94. The summed E-state index contributed by atoms with van der Waals surface area (Å²) in [5.74, 6) is 0. The highest BCUT2D eigenvalue weighted by atomic mass is 16.5. The number of nitrogens with one attached hydrogen (secondary N) is 1. The van der Waals surface area contributed by atoms with E-state index >= 15 is 0 Å². The predicted molar refractivity (Wildman–Crippen MR) is 43.5 cm³/mol. The van der Waals surface area contributed by atoms with Crippen LogP contribution in [0.5, 0.6) is 0 Å². The normalized spacial score (nSPS) is 31.1. The van der Waals surface area contributed by atoms with Gasteiger partial charge in [-0.3, -0.25) is 0 Å². The molecule has 11 heavy (non-hydrogen) atoms. The summed E-state index contributed by atoms with van der Waals surface area (Å²) < 4.78 is 5.10. The molecule has 1 aliphatic rings. The lowest BCUT2D eigenvalue weighted by molar-refractivity contribution is 0.0273. The molecular formula is C8H17NO2. The van der Waals surface area contributed by atoms with Gasteiger partial charge in [0, 0.05) is 19.6 Å². The van der Waals surface area contributed by atoms with Gasteiger partial charge >= 0.3 is 0 Å². The smallest absolute Gasteiger partial charge is 0.102 e. The third-order valence-corrected chi connectivity index (χ3v) is 1.96. The molecule has 0 radical (unpaired) electrons. The van der Waals surface area contributed by atoms with Gasteiger partial charge in [-0.15, -0.1) is 0 Å². The van der Waals surface area contributed by atoms with Crippen molar-refractivity contribution >= 4 is 0 Å². The van der Waals surface area contributed by atoms with Crippen molar-refractivity contribution in [1.29, 1.82) is 0 Å². The highest BCUT2D eigenvalue weighted by molar-refractivity contribution is 4.84. The van der Waals surface area contributed by atoms with Gasteiger partial charge in [-0.25, -0.2) is 0 Å². The monoisotopic (exact) mass is 159 g/mol. The Morgan fingerprint density at radius 3 is 3.00 bits per heavy atom. The minimum Gasteiger partial charge on any atom is -0.386 e. The number of hydrogen-bond acceptors (Lipinski definition) is 3. The molecule has 3 nitrogen and oxygen atoms in total. The molecule has 1 atom stereocenters. The Hall–Kier alpha value is -0.120. The predicted octanol–water partition coefficient (Wildman–Crippen LogP) is 0.137. The van der Waals surface area contributed by atoms with Gasteiger partial charge < -0.3 is 15.2 Å². The quantitative estimate of drug-likeness (QED) is 0.573. The van der Waals surface area contributed by atoms with Crippen molar-refractivity contribution in [1.82, 2.24) is 5.32 Å². The Balaban J connectivity index is 2.13. The lowest BCUT2D eigenvalue weighted by Gasteiger charge is -2.20. The molecule has 1 heterocycles. The molecule has 1 fully saturated rings. The second-order valence-electron chi connectivity index (χ2n) is 3.20. The summed E-state index contributed by atoms with van der Waals surface area (Å²) in [5.41, 5.74) is -0.588. The minimum absolute atomic E-state index is 0.490. The Bertz CT molecular complexity index is 111. The molecule has 0 aromatic heterocycles. The number of rotatable bonds is 4. The molecule has 0 aliphatic carbocycles. The molecule has 3 heteroatoms. The van der Waals surface area contributed by atoms with E-state index in [0.29, 0.717) is 19.8 Å². The van der Waals surface area contributed by atoms with Gasteiger partial charge in [-0.05, 0) is 13.0 Å². The summed E-state index contributed by atoms with van der Waals surface area (Å²) in [6.07, 6.45) is 1.88. The molecule has 0 amide bonds. The van der Waals surface area contributed by atoms with Crippen molar-refractivity contribution in [3.8, 4) is 0 Å². The van der Waals surface area contributed by atoms with E-state index in [2.05, 4.69) is 12.2 Å². The highest BCUT2D eigenvalue weighted by Gasteiger charge is 2.31. The van der Waals surface area contributed by atoms with Gasteiger partial charge in [0.15, 0.2) is 0 Å². The van der Waals surface area contributed by atoms with Crippen molar-refractivity contribution in [2.24, 2.45) is 0 Å². The standard InChI is InChI=1S/C8H17NO2/c1-2-4-9-6-8(10)3-5-11-7-8/h9-10H,2-7H2,1H3. The molecule has 2 N–H and O–H groups in total. The van der Waals surface area contributed by atoms with Crippen LogP contribution >= 0.6 is 0 Å². The molecule has 1 saturated heterocycles. The maximum absolute atomic E-state index is 9.73. The van der Waals surface area contributed by atoms with E-state index in [1.165, 1.54) is 0 Å². The third-order valence-electron chi connectivity index (χ3n) is 1.96. The van der Waals surface area contributed by atoms with Gasteiger partial charge in [0.05, 0.1) is 6.61 Å². The molecule has 0 aromatic rings. The number of aliphatic hydroxyl groups is 1. The summed E-state index contributed by atoms with van der Waals surface area (Å²) >= 11 is 0. The largest absolute Gasteiger partial charge is 0.386 e. The molecule has 0 bridgehead atoms. The number of ether oxygens (including phenoxy) is 1. The molecule has 66 valence electrons. The molecule has 0 spiro atoms. The van der Waals surface area contributed by atoms with Crippen molar-refractivity contribution < 1.29 is 9.84 Å². The van der Waals surface area contributed by atoms with Crippen molar-refractivity contribution in [2.45, 2.75) is 25.4 Å². The van der Waals surface area contributed by atoms with Crippen LogP contribution < -0.4 is 5.32 Å². The zero-order chi connectivity index (χ0) is 8.16. The lowest BCUT2D eigenvalue weighted by Crippen LogP contribution is -2.41. The minimum atomic E-state index is -0.588. The van der Waals surface area contributed by atoms with E-state index in [-0.39, 0.29) is 0 Å². The maximum Gasteiger partial charge on any atom is 0.102 e. The average molecular weight is 159 g/mol. The van der Waals surface area contributed by atoms with E-state index in [1.807, 2.05) is 0 Å². The van der Waals surface area contributed by atoms with Crippen LogP contribution in [0.2, 0.25) is 0 Å². The van der Waals surface area contributed by atoms with Crippen molar-refractivity contribution in [3.05, 3.63) is 0 Å². The molecule has 1 rings (SSSR count). The van der Waals surface area contributed by atoms with Gasteiger partial charge in [-0.2, -0.15) is 0 Å². The first kappa shape index (κ1) is 8.97. The van der Waals surface area contributed by atoms with Crippen molar-refractivity contribution in [2.75, 3.05) is 26.3 Å². The SMILES string of the molecule is CCCNCC1(O)CCOC1. The van der Waals surface area contributed by atoms with Gasteiger partial charge in [0.2, 0.25) is 0 Å². The molecular weight excluding hydrogens is 142 g/mol. The number of hydrogen-bond donors (Lipinski definition) is 2. The summed E-state index contributed by atoms with van der Waals surface area (Å²) in [5, 5.41) is 12.9. The first-order valence-corrected chi connectivity index (χ1v) is 4.28. The average Bonchev–Trinajstić information content (AvgIpc) is 2.38. The van der Waals surface area contributed by atoms with E-state index < -0.39 is 5.60 Å². The molecule has 0 saturated carbocycles. The topological polar surface area (TPSA) is 41.5 Å². The van der Waals surface area contributed by atoms with Crippen LogP contribution in [-0.2, 0) is 4.74 Å². The summed E-state index contributed by atoms with van der Waals surface area (Å²) in [7, 11) is 0. The molecule has 1 aliphatic heterocycles. The van der Waals surface area contributed by atoms with E-state index in [0.717, 1.165) is 19.4 Å². The van der Waals surface area contributed by atoms with E-state index in [4.69, 9.17) is 4.74 Å². The van der Waals surface area contributed by atoms with Crippen LogP contribution in [0.15, 0.2) is 0 Å². The Labute approximate surface area is 67.7 Å². The zero-order valence-corrected chi connectivity index (χ0v) is 7.10. The second kappa shape index (κ2) is 4.04. The van der Waals surface area contributed by atoms with Crippen LogP contribution in [-0.4, -0.2) is 37.0 Å². The first-order chi connectivity index (χ1) is 5.27. The maximum atomic E-state index is 9.73. The fourth-order valence-corrected chi connectivity index (χ4v) is 1.23. The summed E-state index contributed by atoms with van der Waals surface area (Å²) in [6, 6.07) is 0. The van der Waals surface area contributed by atoms with Crippen LogP contribution in [0.1, 0.15) is 19.8 Å². The first-order valence-electron chi connectivity index (χ1n) is 4.28. The Morgan fingerprint density at radius 2 is 2.45 bits per heavy atom. The van der Waals surface area contributed by atoms with Crippen LogP contribution in [0.4, 0.5) is 0 Å². The Kier molecular flexibility index (Phi) is 3.30. The van der Waals surface area contributed by atoms with Gasteiger partial charge in [0.25, 0.3) is 0 Å². The zero-order valence-electron chi connectivity index (χ0n) is 7.10. The van der Waals surface area contributed by atoms with Crippen molar-refractivity contribution in [3.63, 3.8) is 0 Å². The fraction of sp³-hybridized carbons (Fsp3) is 1.00. The lowest BCUT2D eigenvalue weighted by atomic mass is 10.0. The highest BCUT2D eigenvalue weighted by Crippen LogP contribution is 2.16. The second-order valence-corrected chi connectivity index (χ2v) is 3.20. The van der Waals surface area contributed by atoms with E-state index in [1.54, 1.807) is 0 Å². The third kappa shape index (κ3) is 2.77. The Morgan fingerprint density at radius 1 is 1.64 bits per heavy atom.